The Morgan fingerprint density at radius 3 is 2.12 bits per heavy atom. The molecule has 1 N–H and O–H groups in total. The van der Waals surface area contributed by atoms with Crippen LogP contribution in [0.5, 0.6) is 0 Å². The van der Waals surface area contributed by atoms with Crippen LogP contribution in [0.4, 0.5) is 0 Å². The normalized spacial score (nSPS) is 11.5. The summed E-state index contributed by atoms with van der Waals surface area (Å²) in [7, 11) is 0. The molecule has 0 saturated carbocycles. The summed E-state index contributed by atoms with van der Waals surface area (Å²) in [4.78, 5) is 0. The van der Waals surface area contributed by atoms with Gasteiger partial charge in [0.25, 0.3) is 0 Å². The third-order valence-electron chi connectivity index (χ3n) is 4.15. The van der Waals surface area contributed by atoms with E-state index in [0.29, 0.717) is 0 Å². The zero-order valence-electron chi connectivity index (χ0n) is 14.8. The van der Waals surface area contributed by atoms with E-state index < -0.39 is 0 Å². The quantitative estimate of drug-likeness (QED) is 0.460. The van der Waals surface area contributed by atoms with E-state index in [1.165, 1.54) is 44.1 Å². The van der Waals surface area contributed by atoms with Crippen LogP contribution in [0.25, 0.3) is 0 Å². The monoisotopic (exact) mass is 319 g/mol. The van der Waals surface area contributed by atoms with Gasteiger partial charge in [0.2, 0.25) is 0 Å². The Labute approximate surface area is 147 Å². The van der Waals surface area contributed by atoms with Crippen LogP contribution in [0, 0.1) is 11.8 Å². The van der Waals surface area contributed by atoms with E-state index in [-0.39, 0.29) is 6.04 Å². The highest BCUT2D eigenvalue weighted by atomic mass is 14.9. The highest BCUT2D eigenvalue weighted by Crippen LogP contribution is 2.12. The van der Waals surface area contributed by atoms with Crippen molar-refractivity contribution >= 4 is 0 Å². The lowest BCUT2D eigenvalue weighted by molar-refractivity contribution is 0.555. The van der Waals surface area contributed by atoms with Crippen LogP contribution >= 0.6 is 0 Å². The number of rotatable bonds is 9. The molecule has 0 aliphatic rings. The smallest absolute Gasteiger partial charge is 0.0949 e. The maximum atomic E-state index is 3.62. The Hall–Kier alpha value is -2.04. The fourth-order valence-electron chi connectivity index (χ4n) is 2.73. The standard InChI is InChI=1S/C23H29N/c1-2-3-4-5-6-13-20-24-23(22-16-11-8-12-17-22)19-18-21-14-9-7-10-15-21/h7-12,14-17,23-24H,2-6,13,20H2,1H3. The average Bonchev–Trinajstić information content (AvgIpc) is 2.65. The van der Waals surface area contributed by atoms with Crippen LogP contribution < -0.4 is 5.32 Å². The van der Waals surface area contributed by atoms with Crippen LogP contribution in [0.2, 0.25) is 0 Å². The van der Waals surface area contributed by atoms with Crippen LogP contribution in [0.1, 0.15) is 62.6 Å². The minimum absolute atomic E-state index is 0.0991. The summed E-state index contributed by atoms with van der Waals surface area (Å²) in [5.74, 6) is 6.70. The molecular weight excluding hydrogens is 290 g/mol. The first kappa shape index (κ1) is 18.3. The van der Waals surface area contributed by atoms with Crippen LogP contribution in [-0.2, 0) is 0 Å². The number of nitrogens with one attached hydrogen (secondary N) is 1. The van der Waals surface area contributed by atoms with E-state index in [4.69, 9.17) is 0 Å². The first-order chi connectivity index (χ1) is 11.9. The molecule has 24 heavy (non-hydrogen) atoms. The molecule has 0 saturated heterocycles. The van der Waals surface area contributed by atoms with Crippen molar-refractivity contribution in [2.24, 2.45) is 0 Å². The number of benzene rings is 2. The molecule has 0 fully saturated rings. The minimum Gasteiger partial charge on any atom is -0.300 e. The predicted octanol–water partition coefficient (Wildman–Crippen LogP) is 5.73. The van der Waals surface area contributed by atoms with Crippen molar-refractivity contribution in [3.8, 4) is 11.8 Å². The maximum Gasteiger partial charge on any atom is 0.0949 e. The minimum atomic E-state index is 0.0991. The summed E-state index contributed by atoms with van der Waals surface area (Å²) >= 11 is 0. The molecule has 2 aromatic carbocycles. The van der Waals surface area contributed by atoms with E-state index >= 15 is 0 Å². The lowest BCUT2D eigenvalue weighted by atomic mass is 10.1. The topological polar surface area (TPSA) is 12.0 Å². The molecule has 0 aliphatic heterocycles. The second-order valence-corrected chi connectivity index (χ2v) is 6.20. The zero-order chi connectivity index (χ0) is 16.9. The van der Waals surface area contributed by atoms with Gasteiger partial charge in [-0.1, -0.05) is 99.4 Å². The lowest BCUT2D eigenvalue weighted by Crippen LogP contribution is -2.21. The second-order valence-electron chi connectivity index (χ2n) is 6.20. The molecule has 0 bridgehead atoms. The van der Waals surface area contributed by atoms with Crippen molar-refractivity contribution in [2.75, 3.05) is 6.54 Å². The van der Waals surface area contributed by atoms with Gasteiger partial charge in [-0.05, 0) is 30.7 Å². The van der Waals surface area contributed by atoms with Gasteiger partial charge in [-0.15, -0.1) is 0 Å². The Morgan fingerprint density at radius 1 is 0.792 bits per heavy atom. The van der Waals surface area contributed by atoms with Gasteiger partial charge < -0.3 is 0 Å². The fraction of sp³-hybridized carbons (Fsp3) is 0.391. The first-order valence-electron chi connectivity index (χ1n) is 9.25. The van der Waals surface area contributed by atoms with E-state index in [1.54, 1.807) is 0 Å². The van der Waals surface area contributed by atoms with Crippen molar-refractivity contribution in [3.05, 3.63) is 71.8 Å². The summed E-state index contributed by atoms with van der Waals surface area (Å²) in [5.41, 5.74) is 2.31. The van der Waals surface area contributed by atoms with E-state index in [1.807, 2.05) is 18.2 Å². The van der Waals surface area contributed by atoms with E-state index in [2.05, 4.69) is 66.5 Å². The van der Waals surface area contributed by atoms with Crippen LogP contribution in [0.15, 0.2) is 60.7 Å². The van der Waals surface area contributed by atoms with Crippen molar-refractivity contribution < 1.29 is 0 Å². The van der Waals surface area contributed by atoms with Gasteiger partial charge in [-0.2, -0.15) is 0 Å². The van der Waals surface area contributed by atoms with Gasteiger partial charge in [0.1, 0.15) is 0 Å². The Morgan fingerprint density at radius 2 is 1.42 bits per heavy atom. The number of unbranched alkanes of at least 4 members (excludes halogenated alkanes) is 5. The van der Waals surface area contributed by atoms with Gasteiger partial charge in [0, 0.05) is 5.56 Å². The molecule has 0 radical (unpaired) electrons. The number of hydrogen-bond acceptors (Lipinski definition) is 1. The molecule has 0 aliphatic carbocycles. The SMILES string of the molecule is CCCCCCCCNC(C#Cc1ccccc1)c1ccccc1. The first-order valence-corrected chi connectivity index (χ1v) is 9.25. The zero-order valence-corrected chi connectivity index (χ0v) is 14.8. The van der Waals surface area contributed by atoms with E-state index in [0.717, 1.165) is 12.1 Å². The third kappa shape index (κ3) is 7.02. The summed E-state index contributed by atoms with van der Waals surface area (Å²) in [5, 5.41) is 3.62. The van der Waals surface area contributed by atoms with E-state index in [9.17, 15) is 0 Å². The molecule has 0 heterocycles. The molecule has 1 nitrogen and oxygen atoms in total. The van der Waals surface area contributed by atoms with Crippen LogP contribution in [-0.4, -0.2) is 6.54 Å². The average molecular weight is 319 g/mol. The Balaban J connectivity index is 1.89. The third-order valence-corrected chi connectivity index (χ3v) is 4.15. The summed E-state index contributed by atoms with van der Waals surface area (Å²) < 4.78 is 0. The maximum absolute atomic E-state index is 3.62. The molecule has 2 aromatic rings. The molecular formula is C23H29N. The second kappa shape index (κ2) is 11.5. The largest absolute Gasteiger partial charge is 0.300 e. The van der Waals surface area contributed by atoms with Gasteiger partial charge >= 0.3 is 0 Å². The molecule has 1 heteroatoms. The number of hydrogen-bond donors (Lipinski definition) is 1. The van der Waals surface area contributed by atoms with Crippen molar-refractivity contribution in [1.29, 1.82) is 0 Å². The molecule has 0 aromatic heterocycles. The Bertz CT molecular complexity index is 607. The predicted molar refractivity (Wildman–Crippen MR) is 104 cm³/mol. The molecule has 1 unspecified atom stereocenters. The molecule has 1 atom stereocenters. The van der Waals surface area contributed by atoms with Gasteiger partial charge in [-0.3, -0.25) is 5.32 Å². The van der Waals surface area contributed by atoms with Crippen molar-refractivity contribution in [1.82, 2.24) is 5.32 Å². The van der Waals surface area contributed by atoms with Gasteiger partial charge in [0.05, 0.1) is 6.04 Å². The Kier molecular flexibility index (Phi) is 8.76. The van der Waals surface area contributed by atoms with Gasteiger partial charge in [-0.25, -0.2) is 0 Å². The van der Waals surface area contributed by atoms with Crippen molar-refractivity contribution in [3.63, 3.8) is 0 Å². The molecule has 2 rings (SSSR count). The van der Waals surface area contributed by atoms with Gasteiger partial charge in [0.15, 0.2) is 0 Å². The highest BCUT2D eigenvalue weighted by molar-refractivity contribution is 5.37. The molecule has 0 spiro atoms. The van der Waals surface area contributed by atoms with Crippen molar-refractivity contribution in [2.45, 2.75) is 51.5 Å². The molecule has 126 valence electrons. The summed E-state index contributed by atoms with van der Waals surface area (Å²) in [6.07, 6.45) is 7.92. The highest BCUT2D eigenvalue weighted by Gasteiger charge is 2.06. The lowest BCUT2D eigenvalue weighted by Gasteiger charge is -2.13. The molecule has 0 amide bonds. The summed E-state index contributed by atoms with van der Waals surface area (Å²) in [6, 6.07) is 20.8. The van der Waals surface area contributed by atoms with Crippen LogP contribution in [0.3, 0.4) is 0 Å². The fourth-order valence-corrected chi connectivity index (χ4v) is 2.73. The summed E-state index contributed by atoms with van der Waals surface area (Å²) in [6.45, 7) is 3.28.